The third-order valence-corrected chi connectivity index (χ3v) is 7.60. The summed E-state index contributed by atoms with van der Waals surface area (Å²) in [6, 6.07) is 0. The SMILES string of the molecule is C#CC[C@@H](CC)O[Si](C)(C)C(C)(C)C. The predicted molar refractivity (Wildman–Crippen MR) is 65.8 cm³/mol. The van der Waals surface area contributed by atoms with Gasteiger partial charge >= 0.3 is 0 Å². The van der Waals surface area contributed by atoms with Crippen molar-refractivity contribution in [1.82, 2.24) is 0 Å². The Morgan fingerprint density at radius 2 is 1.86 bits per heavy atom. The van der Waals surface area contributed by atoms with Gasteiger partial charge in [-0.2, -0.15) is 0 Å². The Balaban J connectivity index is 4.41. The summed E-state index contributed by atoms with van der Waals surface area (Å²) in [6.45, 7) is 13.4. The van der Waals surface area contributed by atoms with Gasteiger partial charge in [0.2, 0.25) is 0 Å². The van der Waals surface area contributed by atoms with E-state index in [0.29, 0.717) is 0 Å². The van der Waals surface area contributed by atoms with Crippen LogP contribution in [0.4, 0.5) is 0 Å². The largest absolute Gasteiger partial charge is 0.413 e. The third kappa shape index (κ3) is 3.85. The van der Waals surface area contributed by atoms with Crippen molar-refractivity contribution in [1.29, 1.82) is 0 Å². The minimum atomic E-state index is -1.62. The molecule has 0 rings (SSSR count). The van der Waals surface area contributed by atoms with Gasteiger partial charge in [-0.05, 0) is 24.6 Å². The van der Waals surface area contributed by atoms with Crippen LogP contribution in [0.3, 0.4) is 0 Å². The highest BCUT2D eigenvalue weighted by molar-refractivity contribution is 6.74. The standard InChI is InChI=1S/C12H24OSi/c1-8-10-11(9-2)13-14(6,7)12(3,4)5/h1,11H,9-10H2,2-7H3/t11-/m1/s1. The fourth-order valence-electron chi connectivity index (χ4n) is 0.994. The molecule has 2 heteroatoms. The minimum Gasteiger partial charge on any atom is -0.413 e. The molecule has 0 aromatic carbocycles. The maximum Gasteiger partial charge on any atom is 0.192 e. The highest BCUT2D eigenvalue weighted by atomic mass is 28.4. The second-order valence-electron chi connectivity index (χ2n) is 5.32. The summed E-state index contributed by atoms with van der Waals surface area (Å²) in [4.78, 5) is 0. The smallest absolute Gasteiger partial charge is 0.192 e. The molecule has 0 unspecified atom stereocenters. The second kappa shape index (κ2) is 5.00. The van der Waals surface area contributed by atoms with Crippen molar-refractivity contribution in [3.8, 4) is 12.3 Å². The monoisotopic (exact) mass is 212 g/mol. The van der Waals surface area contributed by atoms with E-state index in [0.717, 1.165) is 12.8 Å². The molecule has 0 amide bonds. The van der Waals surface area contributed by atoms with Gasteiger partial charge in [0, 0.05) is 6.42 Å². The van der Waals surface area contributed by atoms with Crippen molar-refractivity contribution in [2.75, 3.05) is 0 Å². The number of rotatable bonds is 4. The molecule has 0 bridgehead atoms. The van der Waals surface area contributed by atoms with E-state index in [1.165, 1.54) is 0 Å². The number of hydrogen-bond acceptors (Lipinski definition) is 1. The molecule has 0 spiro atoms. The molecule has 0 N–H and O–H groups in total. The van der Waals surface area contributed by atoms with E-state index in [4.69, 9.17) is 10.8 Å². The normalized spacial score (nSPS) is 14.9. The summed E-state index contributed by atoms with van der Waals surface area (Å²) in [6.07, 6.45) is 7.32. The molecule has 1 nitrogen and oxygen atoms in total. The van der Waals surface area contributed by atoms with Crippen LogP contribution in [0, 0.1) is 12.3 Å². The van der Waals surface area contributed by atoms with E-state index in [-0.39, 0.29) is 11.1 Å². The summed E-state index contributed by atoms with van der Waals surface area (Å²) in [7, 11) is -1.62. The number of hydrogen-bond donors (Lipinski definition) is 0. The van der Waals surface area contributed by atoms with Crippen molar-refractivity contribution >= 4 is 8.32 Å². The average Bonchev–Trinajstić information content (AvgIpc) is 2.01. The lowest BCUT2D eigenvalue weighted by molar-refractivity contribution is 0.181. The van der Waals surface area contributed by atoms with E-state index in [1.807, 2.05) is 0 Å². The van der Waals surface area contributed by atoms with Gasteiger partial charge in [0.1, 0.15) is 0 Å². The van der Waals surface area contributed by atoms with Crippen LogP contribution in [-0.4, -0.2) is 14.4 Å². The van der Waals surface area contributed by atoms with E-state index >= 15 is 0 Å². The maximum absolute atomic E-state index is 6.19. The van der Waals surface area contributed by atoms with Crippen LogP contribution in [0.2, 0.25) is 18.1 Å². The van der Waals surface area contributed by atoms with E-state index in [2.05, 4.69) is 46.7 Å². The van der Waals surface area contributed by atoms with Gasteiger partial charge in [0.05, 0.1) is 6.10 Å². The van der Waals surface area contributed by atoms with Crippen LogP contribution in [0.1, 0.15) is 40.5 Å². The van der Waals surface area contributed by atoms with E-state index < -0.39 is 8.32 Å². The fourth-order valence-corrected chi connectivity index (χ4v) is 2.43. The molecule has 0 fully saturated rings. The lowest BCUT2D eigenvalue weighted by Crippen LogP contribution is -2.43. The Morgan fingerprint density at radius 1 is 1.36 bits per heavy atom. The first-order valence-electron chi connectivity index (χ1n) is 5.36. The Bertz CT molecular complexity index is 207. The highest BCUT2D eigenvalue weighted by Gasteiger charge is 2.38. The van der Waals surface area contributed by atoms with Crippen molar-refractivity contribution < 1.29 is 4.43 Å². The lowest BCUT2D eigenvalue weighted by Gasteiger charge is -2.38. The molecule has 82 valence electrons. The summed E-state index contributed by atoms with van der Waals surface area (Å²) >= 11 is 0. The van der Waals surface area contributed by atoms with Gasteiger partial charge in [-0.15, -0.1) is 12.3 Å². The van der Waals surface area contributed by atoms with Gasteiger partial charge in [-0.1, -0.05) is 27.7 Å². The molecule has 14 heavy (non-hydrogen) atoms. The van der Waals surface area contributed by atoms with E-state index in [1.54, 1.807) is 0 Å². The summed E-state index contributed by atoms with van der Waals surface area (Å²) in [5.74, 6) is 2.69. The zero-order valence-electron chi connectivity index (χ0n) is 10.5. The van der Waals surface area contributed by atoms with Crippen LogP contribution in [-0.2, 0) is 4.43 Å². The quantitative estimate of drug-likeness (QED) is 0.508. The van der Waals surface area contributed by atoms with Gasteiger partial charge in [0.15, 0.2) is 8.32 Å². The Kier molecular flexibility index (Phi) is 4.90. The van der Waals surface area contributed by atoms with Crippen LogP contribution < -0.4 is 0 Å². The van der Waals surface area contributed by atoms with Crippen LogP contribution >= 0.6 is 0 Å². The second-order valence-corrected chi connectivity index (χ2v) is 10.1. The molecule has 0 saturated carbocycles. The Morgan fingerprint density at radius 3 is 2.14 bits per heavy atom. The molecule has 0 radical (unpaired) electrons. The maximum atomic E-state index is 6.19. The molecule has 0 saturated heterocycles. The molecule has 1 atom stereocenters. The van der Waals surface area contributed by atoms with Crippen molar-refractivity contribution in [3.63, 3.8) is 0 Å². The van der Waals surface area contributed by atoms with Crippen molar-refractivity contribution in [2.45, 2.75) is 64.8 Å². The zero-order valence-corrected chi connectivity index (χ0v) is 11.5. The summed E-state index contributed by atoms with van der Waals surface area (Å²) < 4.78 is 6.19. The van der Waals surface area contributed by atoms with Crippen molar-refractivity contribution in [3.05, 3.63) is 0 Å². The number of terminal acetylenes is 1. The Hall–Kier alpha value is -0.263. The summed E-state index contributed by atoms with van der Waals surface area (Å²) in [5.41, 5.74) is 0. The molecular weight excluding hydrogens is 188 g/mol. The molecule has 0 aliphatic rings. The molecule has 0 aromatic heterocycles. The first-order valence-corrected chi connectivity index (χ1v) is 8.26. The van der Waals surface area contributed by atoms with Gasteiger partial charge in [-0.3, -0.25) is 0 Å². The predicted octanol–water partition coefficient (Wildman–Crippen LogP) is 3.81. The third-order valence-electron chi connectivity index (χ3n) is 3.07. The topological polar surface area (TPSA) is 9.23 Å². The van der Waals surface area contributed by atoms with Gasteiger partial charge in [-0.25, -0.2) is 0 Å². The first-order chi connectivity index (χ1) is 6.24. The Labute approximate surface area is 90.4 Å². The molecule has 0 aromatic rings. The minimum absolute atomic E-state index is 0.251. The van der Waals surface area contributed by atoms with E-state index in [9.17, 15) is 0 Å². The molecule has 0 aliphatic carbocycles. The van der Waals surface area contributed by atoms with Crippen molar-refractivity contribution in [2.24, 2.45) is 0 Å². The zero-order chi connectivity index (χ0) is 11.4. The molecular formula is C12H24OSi. The molecule has 0 aliphatic heterocycles. The van der Waals surface area contributed by atoms with Crippen LogP contribution in [0.5, 0.6) is 0 Å². The highest BCUT2D eigenvalue weighted by Crippen LogP contribution is 2.37. The lowest BCUT2D eigenvalue weighted by atomic mass is 10.2. The fraction of sp³-hybridized carbons (Fsp3) is 0.833. The molecule has 0 heterocycles. The van der Waals surface area contributed by atoms with Crippen LogP contribution in [0.15, 0.2) is 0 Å². The average molecular weight is 212 g/mol. The first kappa shape index (κ1) is 13.7. The van der Waals surface area contributed by atoms with Gasteiger partial charge < -0.3 is 4.43 Å². The summed E-state index contributed by atoms with van der Waals surface area (Å²) in [5, 5.41) is 0.273. The van der Waals surface area contributed by atoms with Crippen LogP contribution in [0.25, 0.3) is 0 Å². The van der Waals surface area contributed by atoms with Gasteiger partial charge in [0.25, 0.3) is 0 Å².